The summed E-state index contributed by atoms with van der Waals surface area (Å²) in [5, 5.41) is 14.2. The van der Waals surface area contributed by atoms with Gasteiger partial charge in [-0.05, 0) is 64.1 Å². The maximum Gasteiger partial charge on any atom is 0.115 e. The molecule has 0 aliphatic carbocycles. The van der Waals surface area contributed by atoms with E-state index in [1.165, 1.54) is 5.39 Å². The first kappa shape index (κ1) is 44.9. The van der Waals surface area contributed by atoms with Gasteiger partial charge in [0.15, 0.2) is 0 Å². The van der Waals surface area contributed by atoms with E-state index >= 15 is 0 Å². The first-order valence-electron chi connectivity index (χ1n) is 22.5. The molecular formula is C54H57BrO9. The van der Waals surface area contributed by atoms with Crippen LogP contribution in [0.3, 0.4) is 0 Å². The molecule has 5 aromatic carbocycles. The molecular weight excluding hydrogens is 872 g/mol. The molecule has 0 saturated carbocycles. The van der Waals surface area contributed by atoms with Crippen molar-refractivity contribution in [2.24, 2.45) is 0 Å². The zero-order valence-electron chi connectivity index (χ0n) is 35.9. The van der Waals surface area contributed by atoms with Crippen molar-refractivity contribution in [1.82, 2.24) is 0 Å². The molecule has 4 heterocycles. The summed E-state index contributed by atoms with van der Waals surface area (Å²) in [4.78, 5) is 0. The summed E-state index contributed by atoms with van der Waals surface area (Å²) in [6, 6.07) is 43.1. The van der Waals surface area contributed by atoms with Crippen LogP contribution < -0.4 is 0 Å². The van der Waals surface area contributed by atoms with Gasteiger partial charge in [-0.2, -0.15) is 0 Å². The molecule has 9 rings (SSSR count). The fourth-order valence-electron chi connectivity index (χ4n) is 9.00. The van der Waals surface area contributed by atoms with Crippen LogP contribution in [0.15, 0.2) is 168 Å². The molecule has 0 bridgehead atoms. The van der Waals surface area contributed by atoms with Gasteiger partial charge in [0.1, 0.15) is 36.6 Å². The molecule has 1 saturated heterocycles. The monoisotopic (exact) mass is 928 g/mol. The summed E-state index contributed by atoms with van der Waals surface area (Å²) in [5.41, 5.74) is 4.23. The predicted octanol–water partition coefficient (Wildman–Crippen LogP) is 9.78. The Labute approximate surface area is 384 Å². The second kappa shape index (κ2) is 22.3. The fraction of sp³-hybridized carbons (Fsp3) is 0.370. The summed E-state index contributed by atoms with van der Waals surface area (Å²) in [5.74, 6) is 0. The number of aliphatic hydroxyl groups excluding tert-OH is 1. The van der Waals surface area contributed by atoms with Crippen molar-refractivity contribution >= 4 is 26.7 Å². The van der Waals surface area contributed by atoms with Gasteiger partial charge in [0.2, 0.25) is 0 Å². The Bertz CT molecular complexity index is 2300. The minimum absolute atomic E-state index is 0.289. The minimum Gasteiger partial charge on any atom is -0.386 e. The van der Waals surface area contributed by atoms with Crippen LogP contribution in [0.1, 0.15) is 41.5 Å². The molecule has 10 heteroatoms. The number of hydrogen-bond acceptors (Lipinski definition) is 9. The van der Waals surface area contributed by atoms with Gasteiger partial charge in [-0.25, -0.2) is 0 Å². The van der Waals surface area contributed by atoms with Crippen LogP contribution in [0.2, 0.25) is 0 Å². The Morgan fingerprint density at radius 1 is 0.547 bits per heavy atom. The van der Waals surface area contributed by atoms with E-state index in [-0.39, 0.29) is 18.3 Å². The average molecular weight is 930 g/mol. The zero-order valence-corrected chi connectivity index (χ0v) is 37.5. The molecule has 0 aromatic heterocycles. The van der Waals surface area contributed by atoms with Gasteiger partial charge in [-0.15, -0.1) is 0 Å². The Balaban J connectivity index is 0.956. The third-order valence-electron chi connectivity index (χ3n) is 12.4. The Morgan fingerprint density at radius 2 is 1.20 bits per heavy atom. The van der Waals surface area contributed by atoms with Crippen LogP contribution in [0.4, 0.5) is 0 Å². The maximum atomic E-state index is 11.9. The summed E-state index contributed by atoms with van der Waals surface area (Å²) in [6.07, 6.45) is 8.16. The van der Waals surface area contributed by atoms with Crippen LogP contribution in [-0.4, -0.2) is 85.5 Å². The van der Waals surface area contributed by atoms with E-state index in [4.69, 9.17) is 37.9 Å². The molecule has 334 valence electrons. The summed E-state index contributed by atoms with van der Waals surface area (Å²) >= 11 is 3.56. The first-order valence-corrected chi connectivity index (χ1v) is 23.3. The van der Waals surface area contributed by atoms with Gasteiger partial charge in [0, 0.05) is 10.9 Å². The highest BCUT2D eigenvalue weighted by atomic mass is 79.9. The number of ether oxygens (including phenoxy) is 8. The van der Waals surface area contributed by atoms with Gasteiger partial charge in [-0.3, -0.25) is 0 Å². The lowest BCUT2D eigenvalue weighted by molar-refractivity contribution is -0.266. The molecule has 5 aromatic rings. The van der Waals surface area contributed by atoms with Gasteiger partial charge >= 0.3 is 0 Å². The average Bonchev–Trinajstić information content (AvgIpc) is 3.64. The highest BCUT2D eigenvalue weighted by Gasteiger charge is 2.49. The molecule has 1 N–H and O–H groups in total. The predicted molar refractivity (Wildman–Crippen MR) is 249 cm³/mol. The zero-order chi connectivity index (χ0) is 43.5. The maximum absolute atomic E-state index is 11.9. The van der Waals surface area contributed by atoms with Crippen molar-refractivity contribution in [3.63, 3.8) is 0 Å². The molecule has 0 radical (unpaired) electrons. The standard InChI is InChI=1S/C54H57BrO9/c55-43-25-22-39(23-26-43)34-61-54-52-48(18-9-10-29-58-52)64-50(53(54)60-35-40-21-24-41-16-7-8-17-42(41)30-40)31-49-44(56)27-28-47-46(62-49)20-11-19-45(59-33-38-14-5-2-6-15-38)51(63-47)36-57-32-37-12-3-1-4-13-37/h1-17,19,21-28,30,44-54,56H,18,20,29,31-36H2/b19-11-/t44?,45-,46+,47-,48-,49-,50+,51+,52-,53+,54+/m0/s1. The molecule has 4 aliphatic heterocycles. The Morgan fingerprint density at radius 3 is 2.02 bits per heavy atom. The Hall–Kier alpha value is -4.30. The van der Waals surface area contributed by atoms with Crippen molar-refractivity contribution in [3.05, 3.63) is 191 Å². The molecule has 4 aliphatic rings. The molecule has 1 fully saturated rings. The van der Waals surface area contributed by atoms with Crippen LogP contribution in [0.25, 0.3) is 10.8 Å². The largest absolute Gasteiger partial charge is 0.386 e. The van der Waals surface area contributed by atoms with E-state index in [1.807, 2.05) is 84.9 Å². The highest BCUT2D eigenvalue weighted by Crippen LogP contribution is 2.36. The summed E-state index contributed by atoms with van der Waals surface area (Å²) < 4.78 is 55.0. The number of benzene rings is 5. The molecule has 1 unspecified atom stereocenters. The number of fused-ring (bicyclic) bond motifs is 3. The minimum atomic E-state index is -0.936. The van der Waals surface area contributed by atoms with Crippen molar-refractivity contribution in [2.45, 2.75) is 113 Å². The van der Waals surface area contributed by atoms with Gasteiger partial charge in [-0.1, -0.05) is 162 Å². The second-order valence-electron chi connectivity index (χ2n) is 17.0. The molecule has 0 spiro atoms. The first-order chi connectivity index (χ1) is 31.5. The SMILES string of the molecule is OC1C=C[C@@H]2O[C@H](COCc3ccccc3)[C@@H](OCc3ccccc3)/C=C\C[C@H]2O[C@H]1C[C@H]1O[C@H]2CC=CCO[C@@H]2[C@@H](OCc2ccc(Br)cc2)[C@@H]1OCc1ccc2ccccc2c1. The van der Waals surface area contributed by atoms with E-state index in [0.29, 0.717) is 58.9 Å². The number of hydrogen-bond donors (Lipinski definition) is 1. The highest BCUT2D eigenvalue weighted by molar-refractivity contribution is 9.10. The summed E-state index contributed by atoms with van der Waals surface area (Å²) in [7, 11) is 0. The lowest BCUT2D eigenvalue weighted by Gasteiger charge is -2.47. The molecule has 64 heavy (non-hydrogen) atoms. The normalized spacial score (nSPS) is 29.8. The van der Waals surface area contributed by atoms with E-state index in [2.05, 4.69) is 88.8 Å². The van der Waals surface area contributed by atoms with Crippen LogP contribution in [0, 0.1) is 0 Å². The van der Waals surface area contributed by atoms with Gasteiger partial charge < -0.3 is 43.0 Å². The molecule has 0 amide bonds. The molecule has 11 atom stereocenters. The topological polar surface area (TPSA) is 94.1 Å². The van der Waals surface area contributed by atoms with Crippen molar-refractivity contribution in [3.8, 4) is 0 Å². The van der Waals surface area contributed by atoms with E-state index in [1.54, 1.807) is 6.08 Å². The van der Waals surface area contributed by atoms with Crippen LogP contribution >= 0.6 is 15.9 Å². The summed E-state index contributed by atoms with van der Waals surface area (Å²) in [6.45, 7) is 2.32. The number of rotatable bonds is 15. The number of halogens is 1. The third kappa shape index (κ3) is 11.7. The van der Waals surface area contributed by atoms with Crippen molar-refractivity contribution in [2.75, 3.05) is 13.2 Å². The lowest BCUT2D eigenvalue weighted by atomic mass is 9.89. The van der Waals surface area contributed by atoms with Crippen LogP contribution in [-0.2, 0) is 64.3 Å². The van der Waals surface area contributed by atoms with E-state index in [9.17, 15) is 5.11 Å². The van der Waals surface area contributed by atoms with Crippen molar-refractivity contribution in [1.29, 1.82) is 0 Å². The lowest BCUT2D eigenvalue weighted by Crippen LogP contribution is -2.60. The number of aliphatic hydroxyl groups is 1. The third-order valence-corrected chi connectivity index (χ3v) is 12.9. The molecule has 9 nitrogen and oxygen atoms in total. The second-order valence-corrected chi connectivity index (χ2v) is 17.9. The fourth-order valence-corrected chi connectivity index (χ4v) is 9.27. The van der Waals surface area contributed by atoms with E-state index in [0.717, 1.165) is 32.1 Å². The smallest absolute Gasteiger partial charge is 0.115 e. The van der Waals surface area contributed by atoms with Gasteiger partial charge in [0.05, 0.1) is 70.2 Å². The van der Waals surface area contributed by atoms with Crippen molar-refractivity contribution < 1.29 is 43.0 Å². The Kier molecular flexibility index (Phi) is 15.6. The quantitative estimate of drug-likeness (QED) is 0.103. The van der Waals surface area contributed by atoms with E-state index < -0.39 is 48.8 Å². The van der Waals surface area contributed by atoms with Gasteiger partial charge in [0.25, 0.3) is 0 Å². The van der Waals surface area contributed by atoms with Crippen LogP contribution in [0.5, 0.6) is 0 Å².